The summed E-state index contributed by atoms with van der Waals surface area (Å²) in [5.41, 5.74) is -0.0714. The fourth-order valence-electron chi connectivity index (χ4n) is 3.07. The zero-order valence-electron chi connectivity index (χ0n) is 11.4. The molecule has 1 unspecified atom stereocenters. The summed E-state index contributed by atoms with van der Waals surface area (Å²) >= 11 is 0. The van der Waals surface area contributed by atoms with Gasteiger partial charge in [0.05, 0.1) is 5.56 Å². The molecule has 1 atom stereocenters. The summed E-state index contributed by atoms with van der Waals surface area (Å²) < 4.78 is 6.17. The van der Waals surface area contributed by atoms with Crippen molar-refractivity contribution in [3.05, 3.63) is 29.8 Å². The van der Waals surface area contributed by atoms with E-state index in [1.54, 1.807) is 6.07 Å². The number of amides is 1. The molecule has 1 spiro atoms. The van der Waals surface area contributed by atoms with Crippen molar-refractivity contribution < 1.29 is 14.3 Å². The van der Waals surface area contributed by atoms with Crippen LogP contribution in [-0.2, 0) is 4.79 Å². The first-order valence-corrected chi connectivity index (χ1v) is 6.92. The Morgan fingerprint density at radius 1 is 1.35 bits per heavy atom. The molecule has 5 heteroatoms. The maximum atomic E-state index is 12.7. The number of ether oxygens (including phenoxy) is 1. The van der Waals surface area contributed by atoms with E-state index in [1.807, 2.05) is 18.2 Å². The van der Waals surface area contributed by atoms with Crippen LogP contribution in [0.2, 0.25) is 0 Å². The summed E-state index contributed by atoms with van der Waals surface area (Å²) in [5, 5.41) is 6.06. The van der Waals surface area contributed by atoms with Crippen molar-refractivity contribution >= 4 is 11.7 Å². The van der Waals surface area contributed by atoms with Crippen molar-refractivity contribution in [2.45, 2.75) is 31.4 Å². The highest BCUT2D eigenvalue weighted by Crippen LogP contribution is 2.38. The Morgan fingerprint density at radius 3 is 2.75 bits per heavy atom. The van der Waals surface area contributed by atoms with E-state index >= 15 is 0 Å². The number of fused-ring (bicyclic) bond motifs is 1. The number of rotatable bonds is 1. The number of Topliss-reactive ketones (excluding diaryl/α,β-unsaturated/α-hetero) is 1. The maximum absolute atomic E-state index is 12.7. The minimum Gasteiger partial charge on any atom is -0.484 e. The standard InChI is InChI=1S/C15H18N2O3/c1-10(18)17-14-13(19)11-4-2-3-5-12(11)20-15(14)6-8-16-9-7-15/h2-5,14,16H,6-9H2,1H3,(H,17,18). The van der Waals surface area contributed by atoms with E-state index in [4.69, 9.17) is 4.74 Å². The van der Waals surface area contributed by atoms with E-state index in [1.165, 1.54) is 6.92 Å². The molecule has 2 heterocycles. The zero-order chi connectivity index (χ0) is 14.2. The van der Waals surface area contributed by atoms with Gasteiger partial charge in [-0.3, -0.25) is 9.59 Å². The quantitative estimate of drug-likeness (QED) is 0.798. The lowest BCUT2D eigenvalue weighted by Gasteiger charge is -2.46. The third-order valence-electron chi connectivity index (χ3n) is 4.05. The molecule has 0 saturated carbocycles. The van der Waals surface area contributed by atoms with Gasteiger partial charge in [0.15, 0.2) is 5.78 Å². The number of hydrogen-bond donors (Lipinski definition) is 2. The molecule has 2 aliphatic rings. The monoisotopic (exact) mass is 274 g/mol. The lowest BCUT2D eigenvalue weighted by Crippen LogP contribution is -2.65. The number of carbonyl (C=O) groups is 2. The van der Waals surface area contributed by atoms with Crippen LogP contribution < -0.4 is 15.4 Å². The van der Waals surface area contributed by atoms with Crippen LogP contribution in [0, 0.1) is 0 Å². The van der Waals surface area contributed by atoms with Crippen LogP contribution in [0.15, 0.2) is 24.3 Å². The van der Waals surface area contributed by atoms with Crippen molar-refractivity contribution in [2.75, 3.05) is 13.1 Å². The van der Waals surface area contributed by atoms with Crippen LogP contribution >= 0.6 is 0 Å². The third-order valence-corrected chi connectivity index (χ3v) is 4.05. The van der Waals surface area contributed by atoms with Crippen molar-refractivity contribution in [1.82, 2.24) is 10.6 Å². The van der Waals surface area contributed by atoms with Crippen LogP contribution in [0.5, 0.6) is 5.75 Å². The van der Waals surface area contributed by atoms with Crippen molar-refractivity contribution in [3.8, 4) is 5.75 Å². The smallest absolute Gasteiger partial charge is 0.217 e. The molecule has 0 aromatic heterocycles. The first-order valence-electron chi connectivity index (χ1n) is 6.92. The van der Waals surface area contributed by atoms with Crippen molar-refractivity contribution in [2.24, 2.45) is 0 Å². The van der Waals surface area contributed by atoms with Gasteiger partial charge in [-0.25, -0.2) is 0 Å². The van der Waals surface area contributed by atoms with Gasteiger partial charge in [0.2, 0.25) is 5.91 Å². The van der Waals surface area contributed by atoms with Gasteiger partial charge in [-0.2, -0.15) is 0 Å². The molecule has 5 nitrogen and oxygen atoms in total. The van der Waals surface area contributed by atoms with Gasteiger partial charge in [0.25, 0.3) is 0 Å². The highest BCUT2D eigenvalue weighted by Gasteiger charge is 2.50. The van der Waals surface area contributed by atoms with E-state index < -0.39 is 11.6 Å². The summed E-state index contributed by atoms with van der Waals surface area (Å²) in [6.45, 7) is 3.00. The third kappa shape index (κ3) is 2.08. The van der Waals surface area contributed by atoms with Gasteiger partial charge in [0.1, 0.15) is 17.4 Å². The zero-order valence-corrected chi connectivity index (χ0v) is 11.4. The second-order valence-electron chi connectivity index (χ2n) is 5.41. The molecule has 1 fully saturated rings. The van der Waals surface area contributed by atoms with Gasteiger partial charge in [-0.1, -0.05) is 12.1 Å². The van der Waals surface area contributed by atoms with E-state index in [0.29, 0.717) is 24.2 Å². The van der Waals surface area contributed by atoms with Gasteiger partial charge in [-0.05, 0) is 25.2 Å². The molecule has 0 radical (unpaired) electrons. The van der Waals surface area contributed by atoms with Gasteiger partial charge in [-0.15, -0.1) is 0 Å². The second-order valence-corrected chi connectivity index (χ2v) is 5.41. The first kappa shape index (κ1) is 13.1. The number of benzene rings is 1. The summed E-state index contributed by atoms with van der Waals surface area (Å²) in [5.74, 6) is 0.370. The van der Waals surface area contributed by atoms with E-state index in [2.05, 4.69) is 10.6 Å². The Morgan fingerprint density at radius 2 is 2.05 bits per heavy atom. The van der Waals surface area contributed by atoms with Crippen molar-refractivity contribution in [3.63, 3.8) is 0 Å². The van der Waals surface area contributed by atoms with E-state index in [0.717, 1.165) is 13.1 Å². The molecule has 20 heavy (non-hydrogen) atoms. The number of nitrogens with one attached hydrogen (secondary N) is 2. The molecule has 1 aromatic carbocycles. The Kier molecular flexibility index (Phi) is 3.22. The fourth-order valence-corrected chi connectivity index (χ4v) is 3.07. The van der Waals surface area contributed by atoms with Crippen LogP contribution in [0.3, 0.4) is 0 Å². The highest BCUT2D eigenvalue weighted by atomic mass is 16.5. The lowest BCUT2D eigenvalue weighted by atomic mass is 9.78. The summed E-state index contributed by atoms with van der Waals surface area (Å²) in [4.78, 5) is 24.2. The summed E-state index contributed by atoms with van der Waals surface area (Å²) in [7, 11) is 0. The lowest BCUT2D eigenvalue weighted by molar-refractivity contribution is -0.121. The number of ketones is 1. The average molecular weight is 274 g/mol. The van der Waals surface area contributed by atoms with Crippen molar-refractivity contribution in [1.29, 1.82) is 0 Å². The van der Waals surface area contributed by atoms with Gasteiger partial charge < -0.3 is 15.4 Å². The van der Waals surface area contributed by atoms with Crippen LogP contribution in [0.1, 0.15) is 30.1 Å². The molecular formula is C15H18N2O3. The second kappa shape index (κ2) is 4.90. The number of carbonyl (C=O) groups excluding carboxylic acids is 2. The van der Waals surface area contributed by atoms with E-state index in [9.17, 15) is 9.59 Å². The van der Waals surface area contributed by atoms with Gasteiger partial charge >= 0.3 is 0 Å². The Bertz CT molecular complexity index is 550. The van der Waals surface area contributed by atoms with Gasteiger partial charge in [0, 0.05) is 19.8 Å². The first-order chi connectivity index (χ1) is 9.62. The Labute approximate surface area is 117 Å². The topological polar surface area (TPSA) is 67.4 Å². The minimum absolute atomic E-state index is 0.0519. The molecule has 106 valence electrons. The largest absolute Gasteiger partial charge is 0.484 e. The minimum atomic E-state index is -0.623. The molecule has 2 aliphatic heterocycles. The predicted octanol–water partition coefficient (Wildman–Crippen LogP) is 0.889. The molecule has 0 bridgehead atoms. The predicted molar refractivity (Wildman–Crippen MR) is 73.8 cm³/mol. The highest BCUT2D eigenvalue weighted by molar-refractivity contribution is 6.05. The molecule has 1 amide bonds. The average Bonchev–Trinajstić information content (AvgIpc) is 2.44. The molecule has 3 rings (SSSR count). The van der Waals surface area contributed by atoms with Crippen LogP contribution in [-0.4, -0.2) is 36.4 Å². The van der Waals surface area contributed by atoms with Crippen LogP contribution in [0.25, 0.3) is 0 Å². The number of piperidine rings is 1. The Hall–Kier alpha value is -1.88. The van der Waals surface area contributed by atoms with Crippen LogP contribution in [0.4, 0.5) is 0 Å². The molecular weight excluding hydrogens is 256 g/mol. The maximum Gasteiger partial charge on any atom is 0.217 e. The molecule has 1 aromatic rings. The number of hydrogen-bond acceptors (Lipinski definition) is 4. The van der Waals surface area contributed by atoms with E-state index in [-0.39, 0.29) is 11.7 Å². The summed E-state index contributed by atoms with van der Waals surface area (Å²) in [6.07, 6.45) is 1.41. The normalized spacial score (nSPS) is 23.9. The number of para-hydroxylation sites is 1. The summed E-state index contributed by atoms with van der Waals surface area (Å²) in [6, 6.07) is 6.64. The fraction of sp³-hybridized carbons (Fsp3) is 0.467. The SMILES string of the molecule is CC(=O)NC1C(=O)c2ccccc2OC12CCNCC2. The Balaban J connectivity index is 2.03. The molecule has 0 aliphatic carbocycles. The molecule has 1 saturated heterocycles. The molecule has 2 N–H and O–H groups in total.